The molecule has 0 atom stereocenters. The van der Waals surface area contributed by atoms with Crippen LogP contribution in [0.2, 0.25) is 0 Å². The quantitative estimate of drug-likeness (QED) is 0.676. The summed E-state index contributed by atoms with van der Waals surface area (Å²) in [6.45, 7) is 2.36. The van der Waals surface area contributed by atoms with Crippen molar-refractivity contribution >= 4 is 23.1 Å². The van der Waals surface area contributed by atoms with Crippen molar-refractivity contribution < 1.29 is 4.79 Å². The van der Waals surface area contributed by atoms with Crippen LogP contribution in [0.4, 0.5) is 11.4 Å². The number of amidine groups is 1. The number of nitrogens with zero attached hydrogens (tertiary/aromatic N) is 1. The number of carbonyl (C=O) groups is 1. The summed E-state index contributed by atoms with van der Waals surface area (Å²) in [5.41, 5.74) is 3.56. The number of hydrogen-bond acceptors (Lipinski definition) is 4. The Morgan fingerprint density at radius 2 is 1.78 bits per heavy atom. The summed E-state index contributed by atoms with van der Waals surface area (Å²) in [6.07, 6.45) is 1.93. The van der Waals surface area contributed by atoms with Crippen molar-refractivity contribution in [3.05, 3.63) is 59.7 Å². The number of rotatable bonds is 3. The molecule has 2 aromatic rings. The van der Waals surface area contributed by atoms with Gasteiger partial charge in [-0.3, -0.25) is 9.79 Å². The average molecular weight is 363 g/mol. The third-order valence-electron chi connectivity index (χ3n) is 5.36. The molecule has 0 saturated carbocycles. The Morgan fingerprint density at radius 3 is 2.56 bits per heavy atom. The second kappa shape index (κ2) is 7.40. The number of piperidine rings is 1. The number of anilines is 2. The fraction of sp³-hybridized carbons (Fsp3) is 0.333. The molecule has 4 N–H and O–H groups in total. The standard InChI is InChI=1S/C21H25N5O/c1-22-19(27)16-7-3-2-6-15(16)14-24-20-21(10-12-23-13-11-21)26-18-9-5-4-8-17(18)25-20/h2-9,23,26H,10-14H2,1H3,(H,22,27)(H,24,25). The highest BCUT2D eigenvalue weighted by Crippen LogP contribution is 2.35. The fourth-order valence-electron chi connectivity index (χ4n) is 3.85. The summed E-state index contributed by atoms with van der Waals surface area (Å²) < 4.78 is 0. The first-order chi connectivity index (χ1) is 13.2. The molecule has 0 unspecified atom stereocenters. The van der Waals surface area contributed by atoms with Gasteiger partial charge in [-0.05, 0) is 49.7 Å². The van der Waals surface area contributed by atoms with Gasteiger partial charge in [-0.25, -0.2) is 0 Å². The van der Waals surface area contributed by atoms with Crippen LogP contribution in [0.15, 0.2) is 53.5 Å². The molecule has 0 aromatic heterocycles. The second-order valence-electron chi connectivity index (χ2n) is 7.03. The molecule has 6 heteroatoms. The Morgan fingerprint density at radius 1 is 1.07 bits per heavy atom. The van der Waals surface area contributed by atoms with E-state index < -0.39 is 0 Å². The normalized spacial score (nSPS) is 19.1. The topological polar surface area (TPSA) is 77.5 Å². The number of aliphatic imine (C=N–C) groups is 1. The highest BCUT2D eigenvalue weighted by molar-refractivity contribution is 6.09. The van der Waals surface area contributed by atoms with Crippen molar-refractivity contribution in [1.29, 1.82) is 0 Å². The molecule has 0 aliphatic carbocycles. The third-order valence-corrected chi connectivity index (χ3v) is 5.36. The maximum absolute atomic E-state index is 12.1. The van der Waals surface area contributed by atoms with E-state index >= 15 is 0 Å². The van der Waals surface area contributed by atoms with Crippen LogP contribution in [-0.4, -0.2) is 37.4 Å². The van der Waals surface area contributed by atoms with E-state index in [4.69, 9.17) is 4.99 Å². The lowest BCUT2D eigenvalue weighted by molar-refractivity contribution is 0.0962. The highest BCUT2D eigenvalue weighted by atomic mass is 16.1. The molecule has 2 heterocycles. The lowest BCUT2D eigenvalue weighted by Gasteiger charge is -2.44. The van der Waals surface area contributed by atoms with Crippen LogP contribution >= 0.6 is 0 Å². The Hall–Kier alpha value is -2.86. The number of hydrogen-bond donors (Lipinski definition) is 4. The molecule has 1 spiro atoms. The average Bonchev–Trinajstić information content (AvgIpc) is 2.72. The molecule has 2 aliphatic heterocycles. The van der Waals surface area contributed by atoms with E-state index in [1.807, 2.05) is 36.4 Å². The SMILES string of the molecule is CNC(=O)c1ccccc1CN=C1Nc2ccccc2NC12CCNCC2. The van der Waals surface area contributed by atoms with Crippen molar-refractivity contribution in [3.8, 4) is 0 Å². The predicted molar refractivity (Wildman–Crippen MR) is 109 cm³/mol. The predicted octanol–water partition coefficient (Wildman–Crippen LogP) is 2.60. The lowest BCUT2D eigenvalue weighted by atomic mass is 9.84. The molecule has 2 aliphatic rings. The van der Waals surface area contributed by atoms with Gasteiger partial charge in [0, 0.05) is 12.6 Å². The molecule has 1 saturated heterocycles. The smallest absolute Gasteiger partial charge is 0.251 e. The van der Waals surface area contributed by atoms with Crippen molar-refractivity contribution in [1.82, 2.24) is 10.6 Å². The van der Waals surface area contributed by atoms with Gasteiger partial charge < -0.3 is 21.3 Å². The van der Waals surface area contributed by atoms with Crippen molar-refractivity contribution in [2.75, 3.05) is 30.8 Å². The zero-order chi connectivity index (χ0) is 18.7. The minimum atomic E-state index is -0.193. The van der Waals surface area contributed by atoms with Crippen LogP contribution in [0.5, 0.6) is 0 Å². The number of amides is 1. The van der Waals surface area contributed by atoms with Crippen molar-refractivity contribution in [2.45, 2.75) is 24.9 Å². The van der Waals surface area contributed by atoms with Crippen LogP contribution < -0.4 is 21.3 Å². The first-order valence-corrected chi connectivity index (χ1v) is 9.42. The van der Waals surface area contributed by atoms with E-state index in [9.17, 15) is 4.79 Å². The number of carbonyl (C=O) groups excluding carboxylic acids is 1. The van der Waals surface area contributed by atoms with Gasteiger partial charge in [0.15, 0.2) is 0 Å². The van der Waals surface area contributed by atoms with Gasteiger partial charge in [0.25, 0.3) is 5.91 Å². The summed E-state index contributed by atoms with van der Waals surface area (Å²) in [7, 11) is 1.65. The Balaban J connectivity index is 1.68. The van der Waals surface area contributed by atoms with Gasteiger partial charge in [-0.2, -0.15) is 0 Å². The fourth-order valence-corrected chi connectivity index (χ4v) is 3.85. The monoisotopic (exact) mass is 363 g/mol. The molecule has 140 valence electrons. The minimum Gasteiger partial charge on any atom is -0.371 e. The van der Waals surface area contributed by atoms with Gasteiger partial charge >= 0.3 is 0 Å². The second-order valence-corrected chi connectivity index (χ2v) is 7.03. The molecular formula is C21H25N5O. The van der Waals surface area contributed by atoms with Crippen LogP contribution in [0.3, 0.4) is 0 Å². The van der Waals surface area contributed by atoms with E-state index in [1.54, 1.807) is 7.05 Å². The van der Waals surface area contributed by atoms with Crippen LogP contribution in [0.1, 0.15) is 28.8 Å². The van der Waals surface area contributed by atoms with Gasteiger partial charge in [-0.1, -0.05) is 30.3 Å². The molecule has 0 radical (unpaired) electrons. The Bertz CT molecular complexity index is 870. The summed E-state index contributed by atoms with van der Waals surface area (Å²) in [5, 5.41) is 13.4. The van der Waals surface area contributed by atoms with E-state index in [2.05, 4.69) is 33.4 Å². The molecule has 0 bridgehead atoms. The molecule has 2 aromatic carbocycles. The van der Waals surface area contributed by atoms with Gasteiger partial charge in [0.1, 0.15) is 5.84 Å². The molecule has 27 heavy (non-hydrogen) atoms. The Labute approximate surface area is 159 Å². The number of para-hydroxylation sites is 2. The minimum absolute atomic E-state index is 0.0811. The number of benzene rings is 2. The van der Waals surface area contributed by atoms with Crippen LogP contribution in [0, 0.1) is 0 Å². The zero-order valence-corrected chi connectivity index (χ0v) is 15.5. The number of nitrogens with one attached hydrogen (secondary N) is 4. The number of fused-ring (bicyclic) bond motifs is 1. The lowest BCUT2D eigenvalue weighted by Crippen LogP contribution is -2.57. The first-order valence-electron chi connectivity index (χ1n) is 9.42. The first kappa shape index (κ1) is 17.5. The van der Waals surface area contributed by atoms with E-state index in [1.165, 1.54) is 0 Å². The highest BCUT2D eigenvalue weighted by Gasteiger charge is 2.40. The Kier molecular flexibility index (Phi) is 4.81. The van der Waals surface area contributed by atoms with E-state index in [0.29, 0.717) is 12.1 Å². The molecule has 1 amide bonds. The summed E-state index contributed by atoms with van der Waals surface area (Å²) in [5.74, 6) is 0.872. The van der Waals surface area contributed by atoms with Gasteiger partial charge in [0.2, 0.25) is 0 Å². The maximum atomic E-state index is 12.1. The van der Waals surface area contributed by atoms with Gasteiger partial charge in [-0.15, -0.1) is 0 Å². The van der Waals surface area contributed by atoms with E-state index in [0.717, 1.165) is 48.7 Å². The van der Waals surface area contributed by atoms with Gasteiger partial charge in [0.05, 0.1) is 23.5 Å². The molecule has 4 rings (SSSR count). The summed E-state index contributed by atoms with van der Waals surface area (Å²) in [4.78, 5) is 17.1. The van der Waals surface area contributed by atoms with Crippen LogP contribution in [-0.2, 0) is 6.54 Å². The largest absolute Gasteiger partial charge is 0.371 e. The maximum Gasteiger partial charge on any atom is 0.251 e. The van der Waals surface area contributed by atoms with Crippen molar-refractivity contribution in [3.63, 3.8) is 0 Å². The summed E-state index contributed by atoms with van der Waals surface area (Å²) >= 11 is 0. The van der Waals surface area contributed by atoms with Crippen molar-refractivity contribution in [2.24, 2.45) is 4.99 Å². The summed E-state index contributed by atoms with van der Waals surface area (Å²) in [6, 6.07) is 15.9. The van der Waals surface area contributed by atoms with E-state index in [-0.39, 0.29) is 11.4 Å². The molecule has 1 fully saturated rings. The molecule has 6 nitrogen and oxygen atoms in total. The third kappa shape index (κ3) is 3.40. The van der Waals surface area contributed by atoms with Crippen LogP contribution in [0.25, 0.3) is 0 Å². The zero-order valence-electron chi connectivity index (χ0n) is 15.5. The molecular weight excluding hydrogens is 338 g/mol.